The predicted molar refractivity (Wildman–Crippen MR) is 134 cm³/mol. The number of hydrogen-bond acceptors (Lipinski definition) is 4. The van der Waals surface area contributed by atoms with Gasteiger partial charge in [0.05, 0.1) is 23.7 Å². The van der Waals surface area contributed by atoms with Crippen molar-refractivity contribution in [2.45, 2.75) is 10.8 Å². The molecular weight excluding hydrogens is 498 g/mol. The molecule has 1 heterocycles. The van der Waals surface area contributed by atoms with Crippen molar-refractivity contribution in [2.24, 2.45) is 10.1 Å². The van der Waals surface area contributed by atoms with E-state index >= 15 is 0 Å². The van der Waals surface area contributed by atoms with Crippen LogP contribution in [-0.4, -0.2) is 44.9 Å². The van der Waals surface area contributed by atoms with E-state index in [0.29, 0.717) is 16.6 Å². The molecule has 3 aromatic rings. The van der Waals surface area contributed by atoms with Crippen LogP contribution in [0.4, 0.5) is 4.39 Å². The minimum absolute atomic E-state index is 0.00515. The van der Waals surface area contributed by atoms with Crippen LogP contribution in [-0.2, 0) is 10.0 Å². The maximum Gasteiger partial charge on any atom is 0.264 e. The Bertz CT molecular complexity index is 1300. The fourth-order valence-corrected chi connectivity index (χ4v) is 4.84. The number of rotatable bonds is 6. The van der Waals surface area contributed by atoms with Gasteiger partial charge in [0.2, 0.25) is 5.96 Å². The summed E-state index contributed by atoms with van der Waals surface area (Å²) >= 11 is 11.9. The maximum atomic E-state index is 13.0. The molecule has 0 saturated heterocycles. The number of nitrogens with zero attached hydrogens (tertiary/aromatic N) is 3. The summed E-state index contributed by atoms with van der Waals surface area (Å²) in [7, 11) is -4.00. The Labute approximate surface area is 207 Å². The molecule has 1 atom stereocenters. The smallest absolute Gasteiger partial charge is 0.249 e. The van der Waals surface area contributed by atoms with Gasteiger partial charge >= 0.3 is 0 Å². The zero-order valence-corrected chi connectivity index (χ0v) is 20.2. The van der Waals surface area contributed by atoms with E-state index in [2.05, 4.69) is 9.71 Å². The van der Waals surface area contributed by atoms with Gasteiger partial charge in [0.1, 0.15) is 6.67 Å². The van der Waals surface area contributed by atoms with Crippen LogP contribution in [0, 0.1) is 0 Å². The van der Waals surface area contributed by atoms with Crippen molar-refractivity contribution in [3.05, 3.63) is 100 Å². The van der Waals surface area contributed by atoms with E-state index in [1.807, 2.05) is 42.5 Å². The van der Waals surface area contributed by atoms with E-state index in [9.17, 15) is 12.8 Å². The molecule has 0 radical (unpaired) electrons. The van der Waals surface area contributed by atoms with Crippen LogP contribution in [0.25, 0.3) is 0 Å². The summed E-state index contributed by atoms with van der Waals surface area (Å²) in [5.41, 5.74) is 2.57. The van der Waals surface area contributed by atoms with E-state index in [1.165, 1.54) is 29.3 Å². The van der Waals surface area contributed by atoms with Crippen molar-refractivity contribution in [3.63, 3.8) is 0 Å². The molecule has 1 aliphatic heterocycles. The van der Waals surface area contributed by atoms with Crippen molar-refractivity contribution in [3.8, 4) is 0 Å². The zero-order chi connectivity index (χ0) is 24.1. The molecule has 0 aromatic heterocycles. The van der Waals surface area contributed by atoms with Gasteiger partial charge in [-0.25, -0.2) is 27.5 Å². The van der Waals surface area contributed by atoms with Crippen molar-refractivity contribution >= 4 is 44.9 Å². The lowest BCUT2D eigenvalue weighted by molar-refractivity contribution is 0.454. The highest BCUT2D eigenvalue weighted by atomic mass is 35.5. The first-order valence-electron chi connectivity index (χ1n) is 10.4. The van der Waals surface area contributed by atoms with Crippen LogP contribution >= 0.6 is 23.2 Å². The van der Waals surface area contributed by atoms with Gasteiger partial charge in [0.25, 0.3) is 10.0 Å². The number of guanidine groups is 1. The Morgan fingerprint density at radius 1 is 1.00 bits per heavy atom. The second kappa shape index (κ2) is 10.5. The minimum Gasteiger partial charge on any atom is -0.249 e. The lowest BCUT2D eigenvalue weighted by Crippen LogP contribution is -2.41. The Hall–Kier alpha value is -2.94. The maximum absolute atomic E-state index is 13.0. The molecule has 3 aromatic carbocycles. The molecular formula is C24H21Cl2FN4O2S. The lowest BCUT2D eigenvalue weighted by atomic mass is 9.91. The second-order valence-corrected chi connectivity index (χ2v) is 10.0. The quantitative estimate of drug-likeness (QED) is 0.364. The molecule has 0 amide bonds. The van der Waals surface area contributed by atoms with Crippen LogP contribution in [0.5, 0.6) is 0 Å². The van der Waals surface area contributed by atoms with Gasteiger partial charge in [0, 0.05) is 16.0 Å². The minimum atomic E-state index is -4.00. The van der Waals surface area contributed by atoms with Gasteiger partial charge in [-0.1, -0.05) is 65.7 Å². The molecule has 4 rings (SSSR count). The fourth-order valence-electron chi connectivity index (χ4n) is 3.57. The third-order valence-corrected chi connectivity index (χ3v) is 7.04. The van der Waals surface area contributed by atoms with Crippen molar-refractivity contribution < 1.29 is 12.8 Å². The third kappa shape index (κ3) is 5.58. The van der Waals surface area contributed by atoms with Crippen molar-refractivity contribution in [2.75, 3.05) is 19.8 Å². The summed E-state index contributed by atoms with van der Waals surface area (Å²) in [4.78, 5) is 4.15. The largest absolute Gasteiger partial charge is 0.264 e. The van der Waals surface area contributed by atoms with Gasteiger partial charge in [-0.3, -0.25) is 0 Å². The van der Waals surface area contributed by atoms with E-state index < -0.39 is 16.7 Å². The molecule has 0 saturated carbocycles. The summed E-state index contributed by atoms with van der Waals surface area (Å²) in [6.07, 6.45) is 0. The Morgan fingerprint density at radius 3 is 2.24 bits per heavy atom. The number of hydrogen-bond donors (Lipinski definition) is 1. The number of nitrogens with one attached hydrogen (secondary N) is 1. The summed E-state index contributed by atoms with van der Waals surface area (Å²) < 4.78 is 41.5. The highest BCUT2D eigenvalue weighted by Crippen LogP contribution is 2.29. The predicted octanol–water partition coefficient (Wildman–Crippen LogP) is 5.10. The number of sulfonamides is 1. The first-order valence-corrected chi connectivity index (χ1v) is 12.7. The summed E-state index contributed by atoms with van der Waals surface area (Å²) in [6, 6.07) is 22.7. The second-order valence-electron chi connectivity index (χ2n) is 7.49. The topological polar surface area (TPSA) is 74.1 Å². The molecule has 176 valence electrons. The average Bonchev–Trinajstić information content (AvgIpc) is 3.28. The molecule has 1 aliphatic rings. The molecule has 0 aliphatic carbocycles. The van der Waals surface area contributed by atoms with Gasteiger partial charge in [-0.2, -0.15) is 5.10 Å². The zero-order valence-electron chi connectivity index (χ0n) is 17.9. The standard InChI is InChI=1S/C24H21Cl2FN4O2S/c25-19-8-6-18(7-9-19)23-22(17-4-2-1-3-5-17)16-31(29-23)24(28-15-14-27)30-34(32,33)21-12-10-20(26)11-13-21/h1-13,22H,14-16H2,(H,28,30)/t22-/m0/s1. The Morgan fingerprint density at radius 2 is 1.62 bits per heavy atom. The van der Waals surface area contributed by atoms with Crippen LogP contribution in [0.15, 0.2) is 93.9 Å². The molecule has 34 heavy (non-hydrogen) atoms. The highest BCUT2D eigenvalue weighted by molar-refractivity contribution is 7.90. The Balaban J connectivity index is 1.71. The van der Waals surface area contributed by atoms with Gasteiger partial charge in [0.15, 0.2) is 0 Å². The molecule has 1 N–H and O–H groups in total. The normalized spacial score (nSPS) is 16.4. The molecule has 10 heteroatoms. The molecule has 6 nitrogen and oxygen atoms in total. The third-order valence-electron chi connectivity index (χ3n) is 5.20. The van der Waals surface area contributed by atoms with Crippen LogP contribution in [0.1, 0.15) is 17.0 Å². The Kier molecular flexibility index (Phi) is 7.50. The van der Waals surface area contributed by atoms with Gasteiger partial charge in [-0.05, 0) is 47.5 Å². The number of benzene rings is 3. The van der Waals surface area contributed by atoms with Crippen LogP contribution < -0.4 is 4.72 Å². The van der Waals surface area contributed by atoms with Gasteiger partial charge in [-0.15, -0.1) is 0 Å². The van der Waals surface area contributed by atoms with E-state index in [1.54, 1.807) is 12.1 Å². The fraction of sp³-hybridized carbons (Fsp3) is 0.167. The van der Waals surface area contributed by atoms with Crippen molar-refractivity contribution in [1.29, 1.82) is 0 Å². The monoisotopic (exact) mass is 518 g/mol. The van der Waals surface area contributed by atoms with E-state index in [4.69, 9.17) is 28.3 Å². The lowest BCUT2D eigenvalue weighted by Gasteiger charge is -2.19. The molecule has 0 unspecified atom stereocenters. The average molecular weight is 519 g/mol. The van der Waals surface area contributed by atoms with E-state index in [-0.39, 0.29) is 23.3 Å². The summed E-state index contributed by atoms with van der Waals surface area (Å²) in [6.45, 7) is -0.636. The number of aliphatic imine (C=N–C) groups is 1. The number of hydrazone groups is 1. The molecule has 0 spiro atoms. The van der Waals surface area contributed by atoms with Crippen molar-refractivity contribution in [1.82, 2.24) is 9.73 Å². The molecule has 0 bridgehead atoms. The number of halogens is 3. The highest BCUT2D eigenvalue weighted by Gasteiger charge is 2.33. The SMILES string of the molecule is O=S(=O)(NC(=NCCF)N1C[C@@H](c2ccccc2)C(c2ccc(Cl)cc2)=N1)c1ccc(Cl)cc1. The number of alkyl halides is 1. The van der Waals surface area contributed by atoms with Crippen LogP contribution in [0.3, 0.4) is 0 Å². The van der Waals surface area contributed by atoms with Crippen LogP contribution in [0.2, 0.25) is 10.0 Å². The first kappa shape index (κ1) is 24.2. The van der Waals surface area contributed by atoms with E-state index in [0.717, 1.165) is 16.8 Å². The van der Waals surface area contributed by atoms with Gasteiger partial charge < -0.3 is 0 Å². The first-order chi connectivity index (χ1) is 16.4. The summed E-state index contributed by atoms with van der Waals surface area (Å²) in [5, 5.41) is 7.16. The summed E-state index contributed by atoms with van der Waals surface area (Å²) in [5.74, 6) is -0.226. The molecule has 0 fully saturated rings.